The monoisotopic (exact) mass is 333 g/mol. The van der Waals surface area contributed by atoms with Crippen LogP contribution in [-0.2, 0) is 9.53 Å². The van der Waals surface area contributed by atoms with Gasteiger partial charge in [-0.1, -0.05) is 25.5 Å². The molecule has 0 radical (unpaired) electrons. The van der Waals surface area contributed by atoms with E-state index < -0.39 is 5.83 Å². The molecule has 132 valence electrons. The van der Waals surface area contributed by atoms with Gasteiger partial charge in [-0.3, -0.25) is 4.79 Å². The average molecular weight is 333 g/mol. The smallest absolute Gasteiger partial charge is 0.309 e. The highest BCUT2D eigenvalue weighted by Crippen LogP contribution is 2.33. The summed E-state index contributed by atoms with van der Waals surface area (Å²) in [7, 11) is 0. The Morgan fingerprint density at radius 2 is 1.83 bits per heavy atom. The third-order valence-electron chi connectivity index (χ3n) is 5.49. The van der Waals surface area contributed by atoms with Crippen LogP contribution in [0, 0.1) is 29.1 Å². The molecule has 24 heavy (non-hydrogen) atoms. The third-order valence-corrected chi connectivity index (χ3v) is 5.49. The first-order valence-electron chi connectivity index (χ1n) is 9.27. The predicted octanol–water partition coefficient (Wildman–Crippen LogP) is 5.24. The first-order valence-corrected chi connectivity index (χ1v) is 9.27. The summed E-state index contributed by atoms with van der Waals surface area (Å²) >= 11 is 0. The normalized spacial score (nSPS) is 31.6. The van der Waals surface area contributed by atoms with Gasteiger partial charge in [0.15, 0.2) is 5.83 Å². The number of esters is 1. The molecule has 0 saturated heterocycles. The van der Waals surface area contributed by atoms with Gasteiger partial charge in [-0.05, 0) is 69.3 Å². The van der Waals surface area contributed by atoms with E-state index in [2.05, 4.69) is 6.92 Å². The lowest BCUT2D eigenvalue weighted by Crippen LogP contribution is -2.29. The van der Waals surface area contributed by atoms with Gasteiger partial charge in [0.25, 0.3) is 0 Å². The summed E-state index contributed by atoms with van der Waals surface area (Å²) in [6.07, 6.45) is 13.9. The molecule has 0 bridgehead atoms. The SMILES string of the molecule is CCC1CCC(C(=O)OC2CCC(/C=C/C=C(F)C#N)CC2)CC1. The number of allylic oxidation sites excluding steroid dienone is 4. The Balaban J connectivity index is 1.69. The van der Waals surface area contributed by atoms with E-state index in [0.717, 1.165) is 57.3 Å². The Labute approximate surface area is 144 Å². The molecule has 2 saturated carbocycles. The molecule has 2 fully saturated rings. The highest BCUT2D eigenvalue weighted by molar-refractivity contribution is 5.72. The lowest BCUT2D eigenvalue weighted by atomic mass is 9.81. The van der Waals surface area contributed by atoms with Crippen molar-refractivity contribution in [2.24, 2.45) is 17.8 Å². The minimum Gasteiger partial charge on any atom is -0.462 e. The lowest BCUT2D eigenvalue weighted by molar-refractivity contribution is -0.157. The summed E-state index contributed by atoms with van der Waals surface area (Å²) in [6.45, 7) is 2.22. The van der Waals surface area contributed by atoms with Gasteiger partial charge in [0.2, 0.25) is 0 Å². The quantitative estimate of drug-likeness (QED) is 0.393. The molecule has 3 nitrogen and oxygen atoms in total. The van der Waals surface area contributed by atoms with E-state index >= 15 is 0 Å². The number of ether oxygens (including phenoxy) is 1. The molecule has 0 amide bonds. The molecule has 0 unspecified atom stereocenters. The van der Waals surface area contributed by atoms with Gasteiger partial charge >= 0.3 is 5.97 Å². The van der Waals surface area contributed by atoms with E-state index in [1.807, 2.05) is 6.08 Å². The molecule has 2 aliphatic rings. The zero-order valence-corrected chi connectivity index (χ0v) is 14.5. The number of halogens is 1. The average Bonchev–Trinajstić information content (AvgIpc) is 2.63. The molecule has 0 aromatic heterocycles. The topological polar surface area (TPSA) is 50.1 Å². The Hall–Kier alpha value is -1.63. The van der Waals surface area contributed by atoms with Crippen molar-refractivity contribution in [3.63, 3.8) is 0 Å². The van der Waals surface area contributed by atoms with E-state index in [1.165, 1.54) is 18.6 Å². The summed E-state index contributed by atoms with van der Waals surface area (Å²) in [5.74, 6) is 0.498. The number of hydrogen-bond acceptors (Lipinski definition) is 3. The van der Waals surface area contributed by atoms with Crippen molar-refractivity contribution in [3.05, 3.63) is 24.1 Å². The highest BCUT2D eigenvalue weighted by Gasteiger charge is 2.29. The molecule has 0 aliphatic heterocycles. The van der Waals surface area contributed by atoms with Gasteiger partial charge in [-0.15, -0.1) is 0 Å². The molecule has 0 N–H and O–H groups in total. The summed E-state index contributed by atoms with van der Waals surface area (Å²) in [5.41, 5.74) is 0. The van der Waals surface area contributed by atoms with Gasteiger partial charge in [-0.2, -0.15) is 9.65 Å². The van der Waals surface area contributed by atoms with Gasteiger partial charge in [0, 0.05) is 0 Å². The molecule has 0 heterocycles. The second kappa shape index (κ2) is 9.61. The van der Waals surface area contributed by atoms with Crippen molar-refractivity contribution >= 4 is 5.97 Å². The fourth-order valence-electron chi connectivity index (χ4n) is 3.80. The Morgan fingerprint density at radius 1 is 1.17 bits per heavy atom. The maximum atomic E-state index is 12.7. The van der Waals surface area contributed by atoms with E-state index in [0.29, 0.717) is 5.92 Å². The van der Waals surface area contributed by atoms with E-state index in [-0.39, 0.29) is 18.0 Å². The van der Waals surface area contributed by atoms with E-state index in [9.17, 15) is 9.18 Å². The first-order chi connectivity index (χ1) is 11.6. The predicted molar refractivity (Wildman–Crippen MR) is 91.5 cm³/mol. The second-order valence-electron chi connectivity index (χ2n) is 7.11. The molecule has 0 atom stereocenters. The summed E-state index contributed by atoms with van der Waals surface area (Å²) in [5, 5.41) is 8.35. The summed E-state index contributed by atoms with van der Waals surface area (Å²) in [4.78, 5) is 12.3. The fraction of sp³-hybridized carbons (Fsp3) is 0.700. The van der Waals surface area contributed by atoms with Crippen molar-refractivity contribution in [1.82, 2.24) is 0 Å². The molecular weight excluding hydrogens is 305 g/mol. The van der Waals surface area contributed by atoms with Crippen LogP contribution in [0.1, 0.15) is 64.7 Å². The van der Waals surface area contributed by atoms with E-state index in [1.54, 1.807) is 6.08 Å². The first kappa shape index (κ1) is 18.7. The number of carbonyl (C=O) groups excluding carboxylic acids is 1. The van der Waals surface area contributed by atoms with Crippen LogP contribution < -0.4 is 0 Å². The molecule has 0 spiro atoms. The molecule has 0 aromatic rings. The molecule has 0 aromatic carbocycles. The molecule has 2 aliphatic carbocycles. The molecule has 4 heteroatoms. The standard InChI is InChI=1S/C20H28FNO2/c1-2-15-6-10-17(11-7-15)20(23)24-19-12-8-16(9-13-19)4-3-5-18(21)14-22/h3-5,15-17,19H,2,6-13H2,1H3/b4-3+,18-5?. The van der Waals surface area contributed by atoms with Crippen LogP contribution in [-0.4, -0.2) is 12.1 Å². The van der Waals surface area contributed by atoms with Crippen LogP contribution in [0.5, 0.6) is 0 Å². The maximum Gasteiger partial charge on any atom is 0.309 e. The van der Waals surface area contributed by atoms with Crippen LogP contribution in [0.3, 0.4) is 0 Å². The fourth-order valence-corrected chi connectivity index (χ4v) is 3.80. The van der Waals surface area contributed by atoms with Gasteiger partial charge < -0.3 is 4.74 Å². The van der Waals surface area contributed by atoms with Crippen LogP contribution in [0.15, 0.2) is 24.1 Å². The lowest BCUT2D eigenvalue weighted by Gasteiger charge is -2.30. The second-order valence-corrected chi connectivity index (χ2v) is 7.11. The van der Waals surface area contributed by atoms with Crippen LogP contribution in [0.4, 0.5) is 4.39 Å². The van der Waals surface area contributed by atoms with Gasteiger partial charge in [0.1, 0.15) is 12.2 Å². The number of carbonyl (C=O) groups is 1. The molecule has 2 rings (SSSR count). The number of nitriles is 1. The minimum absolute atomic E-state index is 0.00238. The molecular formula is C20H28FNO2. The van der Waals surface area contributed by atoms with Crippen molar-refractivity contribution in [2.75, 3.05) is 0 Å². The van der Waals surface area contributed by atoms with Crippen molar-refractivity contribution in [1.29, 1.82) is 5.26 Å². The van der Waals surface area contributed by atoms with Crippen LogP contribution >= 0.6 is 0 Å². The Kier molecular flexibility index (Phi) is 7.49. The van der Waals surface area contributed by atoms with Gasteiger partial charge in [-0.25, -0.2) is 0 Å². The minimum atomic E-state index is -0.772. The largest absolute Gasteiger partial charge is 0.462 e. The van der Waals surface area contributed by atoms with Crippen molar-refractivity contribution < 1.29 is 13.9 Å². The van der Waals surface area contributed by atoms with Crippen molar-refractivity contribution in [2.45, 2.75) is 70.8 Å². The van der Waals surface area contributed by atoms with Crippen LogP contribution in [0.25, 0.3) is 0 Å². The maximum absolute atomic E-state index is 12.7. The highest BCUT2D eigenvalue weighted by atomic mass is 19.1. The summed E-state index contributed by atoms with van der Waals surface area (Å²) in [6, 6.07) is 1.45. The van der Waals surface area contributed by atoms with Crippen molar-refractivity contribution in [3.8, 4) is 6.07 Å². The number of nitrogens with zero attached hydrogens (tertiary/aromatic N) is 1. The Morgan fingerprint density at radius 3 is 2.42 bits per heavy atom. The van der Waals surface area contributed by atoms with E-state index in [4.69, 9.17) is 10.00 Å². The summed E-state index contributed by atoms with van der Waals surface area (Å²) < 4.78 is 18.4. The Bertz CT molecular complexity index is 504. The number of hydrogen-bond donors (Lipinski definition) is 0. The zero-order valence-electron chi connectivity index (χ0n) is 14.5. The third kappa shape index (κ3) is 5.78. The zero-order chi connectivity index (χ0) is 17.4. The van der Waals surface area contributed by atoms with Crippen LogP contribution in [0.2, 0.25) is 0 Å². The number of rotatable bonds is 5. The van der Waals surface area contributed by atoms with Gasteiger partial charge in [0.05, 0.1) is 5.92 Å².